The Bertz CT molecular complexity index is 1120. The van der Waals surface area contributed by atoms with Gasteiger partial charge in [-0.05, 0) is 75.3 Å². The summed E-state index contributed by atoms with van der Waals surface area (Å²) >= 11 is 0. The fourth-order valence-corrected chi connectivity index (χ4v) is 4.94. The summed E-state index contributed by atoms with van der Waals surface area (Å²) in [6, 6.07) is 8.73. The van der Waals surface area contributed by atoms with E-state index in [1.54, 1.807) is 6.07 Å². The molecule has 0 saturated carbocycles. The van der Waals surface area contributed by atoms with Gasteiger partial charge in [-0.2, -0.15) is 0 Å². The summed E-state index contributed by atoms with van der Waals surface area (Å²) in [6.45, 7) is 12.4. The first kappa shape index (κ1) is 26.5. The molecular weight excluding hydrogens is 462 g/mol. The summed E-state index contributed by atoms with van der Waals surface area (Å²) in [6.07, 6.45) is 1.48. The van der Waals surface area contributed by atoms with Crippen molar-refractivity contribution in [2.24, 2.45) is 0 Å². The minimum Gasteiger partial charge on any atom is -0.492 e. The Labute approximate surface area is 213 Å². The Morgan fingerprint density at radius 2 is 1.78 bits per heavy atom. The van der Waals surface area contributed by atoms with Crippen LogP contribution >= 0.6 is 0 Å². The molecular formula is C28H36BFO6. The maximum atomic E-state index is 14.7. The Kier molecular flexibility index (Phi) is 7.40. The highest BCUT2D eigenvalue weighted by Crippen LogP contribution is 2.42. The topological polar surface area (TPSA) is 63.2 Å². The molecule has 1 aliphatic carbocycles. The highest BCUT2D eigenvalue weighted by molar-refractivity contribution is 6.62. The lowest BCUT2D eigenvalue weighted by molar-refractivity contribution is -0.141. The average Bonchev–Trinajstić information content (AvgIpc) is 3.48. The van der Waals surface area contributed by atoms with E-state index in [4.69, 9.17) is 23.5 Å². The van der Waals surface area contributed by atoms with Crippen LogP contribution in [0.25, 0.3) is 0 Å². The van der Waals surface area contributed by atoms with E-state index < -0.39 is 18.3 Å². The van der Waals surface area contributed by atoms with Gasteiger partial charge in [0.2, 0.25) is 0 Å². The maximum absolute atomic E-state index is 14.7. The second-order valence-electron chi connectivity index (χ2n) is 10.3. The van der Waals surface area contributed by atoms with Crippen LogP contribution in [0.15, 0.2) is 30.3 Å². The van der Waals surface area contributed by atoms with E-state index in [1.807, 2.05) is 59.7 Å². The smallest absolute Gasteiger partial charge is 0.492 e. The number of halogens is 1. The lowest BCUT2D eigenvalue weighted by atomic mass is 9.75. The summed E-state index contributed by atoms with van der Waals surface area (Å²) in [5, 5.41) is 0. The van der Waals surface area contributed by atoms with Crippen molar-refractivity contribution in [3.8, 4) is 11.5 Å². The maximum Gasteiger partial charge on any atom is 0.495 e. The number of esters is 1. The highest BCUT2D eigenvalue weighted by atomic mass is 19.1. The fourth-order valence-electron chi connectivity index (χ4n) is 4.94. The number of ether oxygens (including phenoxy) is 3. The molecule has 2 heterocycles. The van der Waals surface area contributed by atoms with Crippen molar-refractivity contribution in [1.82, 2.24) is 0 Å². The molecule has 0 amide bonds. The van der Waals surface area contributed by atoms with E-state index >= 15 is 0 Å². The summed E-state index contributed by atoms with van der Waals surface area (Å²) in [5.41, 5.74) is 2.57. The average molecular weight is 498 g/mol. The third-order valence-electron chi connectivity index (χ3n) is 7.58. The number of rotatable bonds is 5. The minimum absolute atomic E-state index is 0.0275. The van der Waals surface area contributed by atoms with Gasteiger partial charge in [-0.15, -0.1) is 0 Å². The van der Waals surface area contributed by atoms with Gasteiger partial charge in [-0.3, -0.25) is 4.79 Å². The van der Waals surface area contributed by atoms with Crippen molar-refractivity contribution in [2.75, 3.05) is 13.7 Å². The van der Waals surface area contributed by atoms with Crippen molar-refractivity contribution >= 4 is 18.6 Å². The van der Waals surface area contributed by atoms with Crippen LogP contribution in [0, 0.1) is 5.82 Å². The predicted octanol–water partition coefficient (Wildman–Crippen LogP) is 5.26. The number of carbonyl (C=O) groups is 1. The number of hydrogen-bond donors (Lipinski definition) is 0. The Hall–Kier alpha value is -2.58. The SMILES string of the molecule is CC.COC(=O)C[C@@H]1COc2cc(O[C@@H]3CCc4c(B5OC(C)(C)C(C)(C)O5)cc(F)cc43)ccc21. The molecule has 0 unspecified atom stereocenters. The first-order valence-electron chi connectivity index (χ1n) is 12.8. The van der Waals surface area contributed by atoms with Crippen LogP contribution in [-0.2, 0) is 25.3 Å². The standard InChI is InChI=1S/C26H30BFO6.C2H6/c1-25(2)26(3,4)34-27(33-25)21-12-16(28)11-20-19(21)8-9-22(20)32-17-6-7-18-15(10-24(29)30-5)14-31-23(18)13-17;1-2/h6-7,11-13,15,22H,8-10,14H2,1-5H3;1-2H3/t15-,22-;/m1./s1. The summed E-state index contributed by atoms with van der Waals surface area (Å²) in [4.78, 5) is 11.7. The van der Waals surface area contributed by atoms with E-state index in [0.717, 1.165) is 35.0 Å². The third-order valence-corrected chi connectivity index (χ3v) is 7.58. The largest absolute Gasteiger partial charge is 0.495 e. The highest BCUT2D eigenvalue weighted by Gasteiger charge is 2.52. The zero-order valence-corrected chi connectivity index (χ0v) is 22.3. The van der Waals surface area contributed by atoms with Crippen LogP contribution in [0.3, 0.4) is 0 Å². The van der Waals surface area contributed by atoms with Crippen molar-refractivity contribution in [3.05, 3.63) is 52.8 Å². The van der Waals surface area contributed by atoms with Gasteiger partial charge in [0.15, 0.2) is 0 Å². The molecule has 8 heteroatoms. The zero-order chi connectivity index (χ0) is 26.3. The van der Waals surface area contributed by atoms with Crippen molar-refractivity contribution in [3.63, 3.8) is 0 Å². The normalized spacial score (nSPS) is 22.7. The van der Waals surface area contributed by atoms with Gasteiger partial charge in [0.05, 0.1) is 31.3 Å². The van der Waals surface area contributed by atoms with Gasteiger partial charge < -0.3 is 23.5 Å². The summed E-state index contributed by atoms with van der Waals surface area (Å²) in [5.74, 6) is 0.741. The van der Waals surface area contributed by atoms with Gasteiger partial charge in [-0.25, -0.2) is 4.39 Å². The number of methoxy groups -OCH3 is 1. The van der Waals surface area contributed by atoms with Crippen LogP contribution in [0.5, 0.6) is 11.5 Å². The van der Waals surface area contributed by atoms with Crippen LogP contribution in [0.4, 0.5) is 4.39 Å². The van der Waals surface area contributed by atoms with Crippen LogP contribution in [-0.4, -0.2) is 38.0 Å². The van der Waals surface area contributed by atoms with Crippen LogP contribution in [0.1, 0.15) is 83.1 Å². The zero-order valence-electron chi connectivity index (χ0n) is 22.3. The summed E-state index contributed by atoms with van der Waals surface area (Å²) < 4.78 is 44.0. The molecule has 2 aliphatic heterocycles. The van der Waals surface area contributed by atoms with E-state index in [-0.39, 0.29) is 30.2 Å². The fraction of sp³-hybridized carbons (Fsp3) is 0.536. The Morgan fingerprint density at radius 3 is 2.44 bits per heavy atom. The van der Waals surface area contributed by atoms with Gasteiger partial charge in [0, 0.05) is 17.5 Å². The quantitative estimate of drug-likeness (QED) is 0.414. The first-order chi connectivity index (χ1) is 17.1. The molecule has 0 aromatic heterocycles. The monoisotopic (exact) mass is 498 g/mol. The van der Waals surface area contributed by atoms with Gasteiger partial charge >= 0.3 is 13.1 Å². The molecule has 2 aromatic rings. The van der Waals surface area contributed by atoms with Crippen molar-refractivity contribution in [1.29, 1.82) is 0 Å². The van der Waals surface area contributed by atoms with E-state index in [2.05, 4.69) is 0 Å². The summed E-state index contributed by atoms with van der Waals surface area (Å²) in [7, 11) is 0.768. The molecule has 2 aromatic carbocycles. The van der Waals surface area contributed by atoms with Crippen molar-refractivity contribution in [2.45, 2.75) is 84.0 Å². The lowest BCUT2D eigenvalue weighted by Crippen LogP contribution is -2.41. The first-order valence-corrected chi connectivity index (χ1v) is 12.8. The number of carbonyl (C=O) groups excluding carboxylic acids is 1. The number of hydrogen-bond acceptors (Lipinski definition) is 6. The molecule has 0 spiro atoms. The van der Waals surface area contributed by atoms with Crippen molar-refractivity contribution < 1.29 is 32.7 Å². The Morgan fingerprint density at radius 1 is 1.08 bits per heavy atom. The third kappa shape index (κ3) is 4.85. The van der Waals surface area contributed by atoms with E-state index in [9.17, 15) is 9.18 Å². The predicted molar refractivity (Wildman–Crippen MR) is 136 cm³/mol. The molecule has 0 bridgehead atoms. The Balaban J connectivity index is 0.00000148. The van der Waals surface area contributed by atoms with Gasteiger partial charge in [0.1, 0.15) is 23.4 Å². The molecule has 0 radical (unpaired) electrons. The molecule has 6 nitrogen and oxygen atoms in total. The molecule has 2 atom stereocenters. The molecule has 194 valence electrons. The van der Waals surface area contributed by atoms with Gasteiger partial charge in [-0.1, -0.05) is 19.9 Å². The van der Waals surface area contributed by atoms with Crippen LogP contribution in [0.2, 0.25) is 0 Å². The van der Waals surface area contributed by atoms with Gasteiger partial charge in [0.25, 0.3) is 0 Å². The van der Waals surface area contributed by atoms with E-state index in [1.165, 1.54) is 13.2 Å². The molecule has 5 rings (SSSR count). The molecule has 1 fully saturated rings. The van der Waals surface area contributed by atoms with Crippen LogP contribution < -0.4 is 14.9 Å². The molecule has 0 N–H and O–H groups in total. The molecule has 36 heavy (non-hydrogen) atoms. The second-order valence-corrected chi connectivity index (χ2v) is 10.3. The van der Waals surface area contributed by atoms with E-state index in [0.29, 0.717) is 18.1 Å². The minimum atomic E-state index is -0.617. The second kappa shape index (κ2) is 10.1. The lowest BCUT2D eigenvalue weighted by Gasteiger charge is -2.32. The number of benzene rings is 2. The molecule has 1 saturated heterocycles. The number of fused-ring (bicyclic) bond motifs is 2. The molecule has 3 aliphatic rings.